The van der Waals surface area contributed by atoms with Gasteiger partial charge in [-0.2, -0.15) is 0 Å². The van der Waals surface area contributed by atoms with Crippen molar-refractivity contribution in [1.82, 2.24) is 4.90 Å². The number of rotatable bonds is 1. The first-order chi connectivity index (χ1) is 4.33. The second-order valence-corrected chi connectivity index (χ2v) is 3.27. The molecule has 0 spiro atoms. The van der Waals surface area contributed by atoms with Gasteiger partial charge < -0.3 is 0 Å². The Kier molecular flexibility index (Phi) is 2.74. The van der Waals surface area contributed by atoms with E-state index in [1.165, 1.54) is 25.9 Å². The molecule has 0 atom stereocenters. The van der Waals surface area contributed by atoms with Crippen LogP contribution in [-0.2, 0) is 0 Å². The molecule has 1 nitrogen and oxygen atoms in total. The second-order valence-electron chi connectivity index (χ2n) is 2.82. The Labute approximate surface area is 64.8 Å². The molecule has 0 bridgehead atoms. The first-order valence-electron chi connectivity index (χ1n) is 3.52. The summed E-state index contributed by atoms with van der Waals surface area (Å²) in [6, 6.07) is 0. The van der Waals surface area contributed by atoms with Crippen LogP contribution in [0.2, 0.25) is 0 Å². The van der Waals surface area contributed by atoms with Crippen LogP contribution in [0.3, 0.4) is 0 Å². The summed E-state index contributed by atoms with van der Waals surface area (Å²) in [5.74, 6) is 0.946. The fraction of sp³-hybridized carbons (Fsp3) is 0.857. The molecular formula is C7H13NSe. The predicted octanol–water partition coefficient (Wildman–Crippen LogP) is 0.646. The molecule has 0 aliphatic carbocycles. The van der Waals surface area contributed by atoms with E-state index in [9.17, 15) is 0 Å². The van der Waals surface area contributed by atoms with Gasteiger partial charge in [0.1, 0.15) is 0 Å². The maximum absolute atomic E-state index is 2.93. The van der Waals surface area contributed by atoms with E-state index in [0.29, 0.717) is 0 Å². The van der Waals surface area contributed by atoms with Crippen LogP contribution in [-0.4, -0.2) is 38.6 Å². The van der Waals surface area contributed by atoms with Crippen LogP contribution in [0.15, 0.2) is 0 Å². The van der Waals surface area contributed by atoms with Gasteiger partial charge in [0.05, 0.1) is 0 Å². The van der Waals surface area contributed by atoms with Gasteiger partial charge in [0.15, 0.2) is 0 Å². The Balaban J connectivity index is 2.26. The Hall–Kier alpha value is 0.189. The standard InChI is InChI=1S/C7H13NSe/c1-7-2-4-8(6-9)5-3-7/h6-7H,2-5H2,1H3. The summed E-state index contributed by atoms with van der Waals surface area (Å²) in [6.07, 6.45) is 2.72. The summed E-state index contributed by atoms with van der Waals surface area (Å²) in [5.41, 5.74) is 0. The molecule has 0 aromatic carbocycles. The number of hydrogen-bond donors (Lipinski definition) is 0. The molecule has 1 fully saturated rings. The molecule has 0 aromatic heterocycles. The zero-order valence-electron chi connectivity index (χ0n) is 5.84. The van der Waals surface area contributed by atoms with Crippen LogP contribution in [0.5, 0.6) is 0 Å². The van der Waals surface area contributed by atoms with Crippen LogP contribution >= 0.6 is 0 Å². The Bertz CT molecular complexity index is 95.1. The molecular weight excluding hydrogens is 177 g/mol. The molecule has 1 aliphatic heterocycles. The molecule has 2 heteroatoms. The van der Waals surface area contributed by atoms with Gasteiger partial charge in [-0.1, -0.05) is 0 Å². The molecule has 1 heterocycles. The van der Waals surface area contributed by atoms with Gasteiger partial charge >= 0.3 is 64.3 Å². The van der Waals surface area contributed by atoms with Crippen LogP contribution < -0.4 is 0 Å². The molecule has 0 amide bonds. The van der Waals surface area contributed by atoms with E-state index < -0.39 is 0 Å². The van der Waals surface area contributed by atoms with Crippen molar-refractivity contribution < 1.29 is 0 Å². The van der Waals surface area contributed by atoms with Gasteiger partial charge in [0, 0.05) is 0 Å². The van der Waals surface area contributed by atoms with E-state index >= 15 is 0 Å². The number of nitrogens with zero attached hydrogens (tertiary/aromatic N) is 1. The number of likely N-dealkylation sites (tertiary alicyclic amines) is 1. The van der Waals surface area contributed by atoms with Gasteiger partial charge in [-0.05, 0) is 0 Å². The normalized spacial score (nSPS) is 22.1. The zero-order chi connectivity index (χ0) is 6.69. The van der Waals surface area contributed by atoms with E-state index in [1.807, 2.05) is 0 Å². The molecule has 0 unspecified atom stereocenters. The Morgan fingerprint density at radius 2 is 2.00 bits per heavy atom. The minimum atomic E-state index is 0.946. The van der Waals surface area contributed by atoms with Crippen molar-refractivity contribution in [2.45, 2.75) is 19.8 Å². The zero-order valence-corrected chi connectivity index (χ0v) is 7.55. The van der Waals surface area contributed by atoms with Crippen molar-refractivity contribution in [2.24, 2.45) is 5.92 Å². The van der Waals surface area contributed by atoms with E-state index in [4.69, 9.17) is 0 Å². The van der Waals surface area contributed by atoms with E-state index in [1.54, 1.807) is 0 Å². The van der Waals surface area contributed by atoms with Gasteiger partial charge in [-0.15, -0.1) is 0 Å². The molecule has 1 rings (SSSR count). The van der Waals surface area contributed by atoms with Crippen molar-refractivity contribution in [3.05, 3.63) is 0 Å². The third-order valence-corrected chi connectivity index (χ3v) is 2.59. The van der Waals surface area contributed by atoms with Gasteiger partial charge in [0.2, 0.25) is 0 Å². The number of hydrogen-bond acceptors (Lipinski definition) is 1. The second kappa shape index (κ2) is 3.38. The summed E-state index contributed by atoms with van der Waals surface area (Å²) in [7, 11) is 0. The van der Waals surface area contributed by atoms with E-state index in [2.05, 4.69) is 32.4 Å². The average Bonchev–Trinajstić information content (AvgIpc) is 1.90. The molecule has 9 heavy (non-hydrogen) atoms. The Morgan fingerprint density at radius 1 is 1.44 bits per heavy atom. The van der Waals surface area contributed by atoms with Gasteiger partial charge in [-0.25, -0.2) is 0 Å². The topological polar surface area (TPSA) is 3.24 Å². The summed E-state index contributed by atoms with van der Waals surface area (Å²) < 4.78 is 0. The molecule has 1 aliphatic rings. The molecule has 0 N–H and O–H groups in total. The minimum absolute atomic E-state index is 0.946. The van der Waals surface area contributed by atoms with Crippen molar-refractivity contribution in [2.75, 3.05) is 13.1 Å². The first kappa shape index (κ1) is 7.30. The number of piperidine rings is 1. The monoisotopic (exact) mass is 191 g/mol. The predicted molar refractivity (Wildman–Crippen MR) is 41.8 cm³/mol. The van der Waals surface area contributed by atoms with Crippen LogP contribution in [0.4, 0.5) is 0 Å². The van der Waals surface area contributed by atoms with Crippen LogP contribution in [0.25, 0.3) is 0 Å². The summed E-state index contributed by atoms with van der Waals surface area (Å²) in [4.78, 5) is 2.35. The third-order valence-electron chi connectivity index (χ3n) is 1.97. The summed E-state index contributed by atoms with van der Waals surface area (Å²) in [6.45, 7) is 4.82. The maximum atomic E-state index is 2.93. The molecule has 0 radical (unpaired) electrons. The first-order valence-corrected chi connectivity index (χ1v) is 4.51. The molecule has 52 valence electrons. The van der Waals surface area contributed by atoms with Gasteiger partial charge in [-0.3, -0.25) is 0 Å². The fourth-order valence-electron chi connectivity index (χ4n) is 1.13. The third kappa shape index (κ3) is 2.11. The van der Waals surface area contributed by atoms with Crippen molar-refractivity contribution >= 4 is 20.6 Å². The average molecular weight is 190 g/mol. The fourth-order valence-corrected chi connectivity index (χ4v) is 1.58. The van der Waals surface area contributed by atoms with Crippen molar-refractivity contribution in [3.63, 3.8) is 0 Å². The van der Waals surface area contributed by atoms with Crippen molar-refractivity contribution in [3.8, 4) is 0 Å². The SMILES string of the molecule is CC1CCN(C=[Se])CC1. The van der Waals surface area contributed by atoms with E-state index in [-0.39, 0.29) is 0 Å². The molecule has 0 aromatic rings. The Morgan fingerprint density at radius 3 is 2.44 bits per heavy atom. The van der Waals surface area contributed by atoms with E-state index in [0.717, 1.165) is 5.92 Å². The molecule has 1 saturated heterocycles. The van der Waals surface area contributed by atoms with Gasteiger partial charge in [0.25, 0.3) is 0 Å². The quantitative estimate of drug-likeness (QED) is 0.549. The van der Waals surface area contributed by atoms with Crippen molar-refractivity contribution in [1.29, 1.82) is 0 Å². The summed E-state index contributed by atoms with van der Waals surface area (Å²) in [5, 5.41) is 2.08. The molecule has 0 saturated carbocycles. The van der Waals surface area contributed by atoms with Crippen LogP contribution in [0.1, 0.15) is 19.8 Å². The van der Waals surface area contributed by atoms with Crippen LogP contribution in [0, 0.1) is 5.92 Å². The summed E-state index contributed by atoms with van der Waals surface area (Å²) >= 11 is 2.93.